The number of benzene rings is 1. The maximum absolute atomic E-state index is 5.85. The Morgan fingerprint density at radius 2 is 1.77 bits per heavy atom. The molecule has 0 amide bonds. The molecule has 3 heteroatoms. The first-order valence-electron chi connectivity index (χ1n) is 4.28. The summed E-state index contributed by atoms with van der Waals surface area (Å²) in [5.41, 5.74) is 6.80. The quantitative estimate of drug-likeness (QED) is 0.827. The zero-order valence-corrected chi connectivity index (χ0v) is 9.07. The fourth-order valence-electron chi connectivity index (χ4n) is 1.15. The fraction of sp³-hybridized carbons (Fsp3) is 0.400. The van der Waals surface area contributed by atoms with Crippen LogP contribution >= 0.6 is 23.2 Å². The summed E-state index contributed by atoms with van der Waals surface area (Å²) in [6, 6.07) is 5.81. The van der Waals surface area contributed by atoms with Gasteiger partial charge in [-0.1, -0.05) is 23.2 Å². The third-order valence-electron chi connectivity index (χ3n) is 1.81. The van der Waals surface area contributed by atoms with Gasteiger partial charge in [-0.25, -0.2) is 0 Å². The number of hydrogen-bond donors (Lipinski definition) is 1. The van der Waals surface area contributed by atoms with Crippen LogP contribution in [0.3, 0.4) is 0 Å². The van der Waals surface area contributed by atoms with E-state index in [0.29, 0.717) is 10.0 Å². The first-order valence-corrected chi connectivity index (χ1v) is 5.04. The second-order valence-corrected chi connectivity index (χ2v) is 4.17. The number of nitrogens with two attached hydrogens (primary N) is 1. The molecule has 0 bridgehead atoms. The highest BCUT2D eigenvalue weighted by atomic mass is 35.5. The molecule has 0 aromatic heterocycles. The van der Waals surface area contributed by atoms with E-state index in [-0.39, 0.29) is 6.04 Å². The molecule has 0 aliphatic heterocycles. The first kappa shape index (κ1) is 10.8. The summed E-state index contributed by atoms with van der Waals surface area (Å²) in [6.45, 7) is 1.99. The van der Waals surface area contributed by atoms with Crippen molar-refractivity contribution in [3.05, 3.63) is 33.8 Å². The Kier molecular flexibility index (Phi) is 4.04. The molecule has 0 aliphatic carbocycles. The van der Waals surface area contributed by atoms with E-state index in [9.17, 15) is 0 Å². The minimum absolute atomic E-state index is 0.220. The highest BCUT2D eigenvalue weighted by Gasteiger charge is 2.00. The van der Waals surface area contributed by atoms with Gasteiger partial charge >= 0.3 is 0 Å². The van der Waals surface area contributed by atoms with Crippen molar-refractivity contribution < 1.29 is 0 Å². The molecule has 0 radical (unpaired) electrons. The summed E-state index contributed by atoms with van der Waals surface area (Å²) in [5, 5.41) is 1.37. The zero-order valence-electron chi connectivity index (χ0n) is 7.56. The predicted octanol–water partition coefficient (Wildman–Crippen LogP) is 3.27. The van der Waals surface area contributed by atoms with Gasteiger partial charge in [-0.3, -0.25) is 0 Å². The molecule has 1 aromatic carbocycles. The Bertz CT molecular complexity index is 264. The molecule has 2 N–H and O–H groups in total. The number of aryl methyl sites for hydroxylation is 1. The molecule has 1 nitrogen and oxygen atoms in total. The van der Waals surface area contributed by atoms with Crippen molar-refractivity contribution in [2.75, 3.05) is 0 Å². The van der Waals surface area contributed by atoms with Crippen LogP contribution in [0.5, 0.6) is 0 Å². The van der Waals surface area contributed by atoms with Crippen LogP contribution < -0.4 is 5.73 Å². The Morgan fingerprint density at radius 3 is 2.23 bits per heavy atom. The molecule has 1 unspecified atom stereocenters. The van der Waals surface area contributed by atoms with Crippen molar-refractivity contribution in [2.24, 2.45) is 5.73 Å². The van der Waals surface area contributed by atoms with Crippen molar-refractivity contribution in [3.8, 4) is 0 Å². The van der Waals surface area contributed by atoms with Gasteiger partial charge in [0.2, 0.25) is 0 Å². The largest absolute Gasteiger partial charge is 0.328 e. The normalized spacial score (nSPS) is 12.9. The van der Waals surface area contributed by atoms with Gasteiger partial charge in [-0.15, -0.1) is 0 Å². The summed E-state index contributed by atoms with van der Waals surface area (Å²) >= 11 is 11.7. The lowest BCUT2D eigenvalue weighted by atomic mass is 10.1. The van der Waals surface area contributed by atoms with E-state index in [1.54, 1.807) is 6.07 Å². The van der Waals surface area contributed by atoms with Gasteiger partial charge in [-0.2, -0.15) is 0 Å². The molecule has 0 spiro atoms. The molecule has 0 saturated carbocycles. The molecular weight excluding hydrogens is 205 g/mol. The number of hydrogen-bond acceptors (Lipinski definition) is 1. The van der Waals surface area contributed by atoms with Crippen molar-refractivity contribution >= 4 is 23.2 Å². The molecule has 0 saturated heterocycles. The van der Waals surface area contributed by atoms with Crippen LogP contribution in [-0.2, 0) is 6.42 Å². The van der Waals surface area contributed by atoms with Gasteiger partial charge < -0.3 is 5.73 Å². The highest BCUT2D eigenvalue weighted by Crippen LogP contribution is 2.20. The van der Waals surface area contributed by atoms with Crippen LogP contribution in [0.4, 0.5) is 0 Å². The Balaban J connectivity index is 2.66. The summed E-state index contributed by atoms with van der Waals surface area (Å²) in [5.74, 6) is 0. The van der Waals surface area contributed by atoms with Gasteiger partial charge in [0.1, 0.15) is 0 Å². The lowest BCUT2D eigenvalue weighted by molar-refractivity contribution is 0.666. The van der Waals surface area contributed by atoms with E-state index in [0.717, 1.165) is 18.4 Å². The maximum Gasteiger partial charge on any atom is 0.0423 e. The number of rotatable bonds is 3. The minimum Gasteiger partial charge on any atom is -0.328 e. The predicted molar refractivity (Wildman–Crippen MR) is 58.4 cm³/mol. The molecular formula is C10H13Cl2N. The standard InChI is InChI=1S/C10H13Cl2N/c1-7(13)2-3-8-4-9(11)6-10(12)5-8/h4-7H,2-3,13H2,1H3. The third-order valence-corrected chi connectivity index (χ3v) is 2.25. The van der Waals surface area contributed by atoms with Crippen LogP contribution in [0.2, 0.25) is 10.0 Å². The molecule has 0 fully saturated rings. The van der Waals surface area contributed by atoms with Gasteiger partial charge in [0.05, 0.1) is 0 Å². The summed E-state index contributed by atoms with van der Waals surface area (Å²) < 4.78 is 0. The van der Waals surface area contributed by atoms with E-state index >= 15 is 0 Å². The van der Waals surface area contributed by atoms with Gasteiger partial charge in [0.25, 0.3) is 0 Å². The van der Waals surface area contributed by atoms with Crippen LogP contribution in [0.1, 0.15) is 18.9 Å². The third kappa shape index (κ3) is 3.99. The molecule has 0 aliphatic rings. The zero-order chi connectivity index (χ0) is 9.84. The second kappa shape index (κ2) is 4.85. The van der Waals surface area contributed by atoms with Crippen LogP contribution in [0, 0.1) is 0 Å². The second-order valence-electron chi connectivity index (χ2n) is 3.29. The van der Waals surface area contributed by atoms with Gasteiger partial charge in [-0.05, 0) is 43.5 Å². The van der Waals surface area contributed by atoms with Crippen molar-refractivity contribution in [3.63, 3.8) is 0 Å². The van der Waals surface area contributed by atoms with E-state index in [4.69, 9.17) is 28.9 Å². The molecule has 0 heterocycles. The molecule has 1 atom stereocenters. The SMILES string of the molecule is CC(N)CCc1cc(Cl)cc(Cl)c1. The fourth-order valence-corrected chi connectivity index (χ4v) is 1.72. The monoisotopic (exact) mass is 217 g/mol. The molecule has 1 rings (SSSR count). The summed E-state index contributed by atoms with van der Waals surface area (Å²) in [4.78, 5) is 0. The smallest absolute Gasteiger partial charge is 0.0423 e. The molecule has 13 heavy (non-hydrogen) atoms. The van der Waals surface area contributed by atoms with Crippen LogP contribution in [0.15, 0.2) is 18.2 Å². The van der Waals surface area contributed by atoms with Crippen LogP contribution in [0.25, 0.3) is 0 Å². The minimum atomic E-state index is 0.220. The van der Waals surface area contributed by atoms with Crippen molar-refractivity contribution in [1.29, 1.82) is 0 Å². The summed E-state index contributed by atoms with van der Waals surface area (Å²) in [6.07, 6.45) is 1.88. The Hall–Kier alpha value is -0.240. The average molecular weight is 218 g/mol. The molecule has 1 aromatic rings. The maximum atomic E-state index is 5.85. The van der Waals surface area contributed by atoms with Gasteiger partial charge in [0, 0.05) is 16.1 Å². The first-order chi connectivity index (χ1) is 6.08. The summed E-state index contributed by atoms with van der Waals surface area (Å²) in [7, 11) is 0. The molecule has 72 valence electrons. The van der Waals surface area contributed by atoms with Gasteiger partial charge in [0.15, 0.2) is 0 Å². The lowest BCUT2D eigenvalue weighted by Gasteiger charge is -2.05. The van der Waals surface area contributed by atoms with Crippen LogP contribution in [-0.4, -0.2) is 6.04 Å². The topological polar surface area (TPSA) is 26.0 Å². The Morgan fingerprint density at radius 1 is 1.23 bits per heavy atom. The average Bonchev–Trinajstić information content (AvgIpc) is 1.99. The Labute approximate surface area is 88.8 Å². The highest BCUT2D eigenvalue weighted by molar-refractivity contribution is 6.34. The number of halogens is 2. The van der Waals surface area contributed by atoms with E-state index in [1.807, 2.05) is 19.1 Å². The van der Waals surface area contributed by atoms with E-state index in [1.165, 1.54) is 0 Å². The van der Waals surface area contributed by atoms with E-state index < -0.39 is 0 Å². The lowest BCUT2D eigenvalue weighted by Crippen LogP contribution is -2.15. The van der Waals surface area contributed by atoms with Crippen molar-refractivity contribution in [1.82, 2.24) is 0 Å². The van der Waals surface area contributed by atoms with E-state index in [2.05, 4.69) is 0 Å². The van der Waals surface area contributed by atoms with Crippen molar-refractivity contribution in [2.45, 2.75) is 25.8 Å².